The molecule has 0 amide bonds. The van der Waals surface area contributed by atoms with Gasteiger partial charge in [0.25, 0.3) is 0 Å². The molecule has 0 aromatic carbocycles. The topological polar surface area (TPSA) is 87.0 Å². The molecule has 0 heterocycles. The fourth-order valence-electron chi connectivity index (χ4n) is 7.53. The standard InChI is InChI=1S/C21H34O5/c1-12(22)26-13-4-8-20(3)15-6-7-19(2)16(10-17(23)18(19)24)14(15)5-9-21(20,25)11-13/h13-18,23-25H,4-11H2,1-3H3/t13?,14-,15-,16+,17?,18?,19+,20-,21?/m1/s1. The Morgan fingerprint density at radius 3 is 2.46 bits per heavy atom. The third-order valence-electron chi connectivity index (χ3n) is 9.07. The zero-order chi connectivity index (χ0) is 18.9. The van der Waals surface area contributed by atoms with Crippen molar-refractivity contribution >= 4 is 5.97 Å². The molecule has 0 radical (unpaired) electrons. The van der Waals surface area contributed by atoms with E-state index in [9.17, 15) is 20.1 Å². The van der Waals surface area contributed by atoms with Crippen molar-refractivity contribution in [1.29, 1.82) is 0 Å². The normalized spacial score (nSPS) is 56.2. The van der Waals surface area contributed by atoms with E-state index in [1.807, 2.05) is 0 Å². The minimum absolute atomic E-state index is 0.174. The minimum atomic E-state index is -0.782. The van der Waals surface area contributed by atoms with E-state index in [1.165, 1.54) is 6.92 Å². The quantitative estimate of drug-likeness (QED) is 0.621. The molecule has 0 bridgehead atoms. The van der Waals surface area contributed by atoms with Crippen molar-refractivity contribution in [3.05, 3.63) is 0 Å². The fourth-order valence-corrected chi connectivity index (χ4v) is 7.53. The van der Waals surface area contributed by atoms with Crippen molar-refractivity contribution in [2.75, 3.05) is 0 Å². The lowest BCUT2D eigenvalue weighted by Gasteiger charge is -2.63. The van der Waals surface area contributed by atoms with Crippen molar-refractivity contribution in [1.82, 2.24) is 0 Å². The van der Waals surface area contributed by atoms with Crippen LogP contribution in [0.1, 0.15) is 72.1 Å². The number of rotatable bonds is 1. The zero-order valence-electron chi connectivity index (χ0n) is 16.3. The summed E-state index contributed by atoms with van der Waals surface area (Å²) in [6.07, 6.45) is 5.07. The van der Waals surface area contributed by atoms with Crippen molar-refractivity contribution in [2.24, 2.45) is 28.6 Å². The van der Waals surface area contributed by atoms with Crippen molar-refractivity contribution in [3.8, 4) is 0 Å². The highest BCUT2D eigenvalue weighted by Gasteiger charge is 2.65. The van der Waals surface area contributed by atoms with Crippen molar-refractivity contribution in [2.45, 2.75) is 96.1 Å². The van der Waals surface area contributed by atoms with Gasteiger partial charge in [0.2, 0.25) is 0 Å². The van der Waals surface area contributed by atoms with E-state index < -0.39 is 17.8 Å². The summed E-state index contributed by atoms with van der Waals surface area (Å²) in [5.74, 6) is 0.934. The van der Waals surface area contributed by atoms with Gasteiger partial charge in [-0.05, 0) is 73.5 Å². The number of carbonyl (C=O) groups excluding carboxylic acids is 1. The molecule has 5 heteroatoms. The van der Waals surface area contributed by atoms with Gasteiger partial charge in [0.15, 0.2) is 0 Å². The van der Waals surface area contributed by atoms with E-state index in [-0.39, 0.29) is 22.9 Å². The van der Waals surface area contributed by atoms with Crippen LogP contribution in [0, 0.1) is 28.6 Å². The van der Waals surface area contributed by atoms with Gasteiger partial charge >= 0.3 is 5.97 Å². The molecule has 4 rings (SSSR count). The lowest BCUT2D eigenvalue weighted by atomic mass is 9.43. The fraction of sp³-hybridized carbons (Fsp3) is 0.952. The van der Waals surface area contributed by atoms with Crippen molar-refractivity contribution < 1.29 is 24.9 Å². The van der Waals surface area contributed by atoms with Gasteiger partial charge < -0.3 is 20.1 Å². The first-order valence-corrected chi connectivity index (χ1v) is 10.4. The molecule has 0 aliphatic heterocycles. The van der Waals surface area contributed by atoms with Gasteiger partial charge in [-0.1, -0.05) is 13.8 Å². The number of fused-ring (bicyclic) bond motifs is 5. The Hall–Kier alpha value is -0.650. The number of hydrogen-bond acceptors (Lipinski definition) is 5. The molecular weight excluding hydrogens is 332 g/mol. The van der Waals surface area contributed by atoms with Gasteiger partial charge in [-0.3, -0.25) is 4.79 Å². The molecule has 0 spiro atoms. The summed E-state index contributed by atoms with van der Waals surface area (Å²) in [6, 6.07) is 0. The summed E-state index contributed by atoms with van der Waals surface area (Å²) in [5.41, 5.74) is -1.15. The number of ether oxygens (including phenoxy) is 1. The van der Waals surface area contributed by atoms with Gasteiger partial charge in [-0.2, -0.15) is 0 Å². The van der Waals surface area contributed by atoms with Gasteiger partial charge in [0.1, 0.15) is 6.10 Å². The highest BCUT2D eigenvalue weighted by atomic mass is 16.5. The van der Waals surface area contributed by atoms with Crippen LogP contribution in [0.5, 0.6) is 0 Å². The first-order valence-electron chi connectivity index (χ1n) is 10.4. The number of hydrogen-bond donors (Lipinski definition) is 3. The van der Waals surface area contributed by atoms with Crippen LogP contribution >= 0.6 is 0 Å². The lowest BCUT2D eigenvalue weighted by Crippen LogP contribution is -2.63. The Labute approximate surface area is 156 Å². The summed E-state index contributed by atoms with van der Waals surface area (Å²) in [7, 11) is 0. The monoisotopic (exact) mass is 366 g/mol. The molecule has 0 saturated heterocycles. The summed E-state index contributed by atoms with van der Waals surface area (Å²) in [5, 5.41) is 32.5. The largest absolute Gasteiger partial charge is 0.462 e. The van der Waals surface area contributed by atoms with E-state index >= 15 is 0 Å². The van der Waals surface area contributed by atoms with Crippen LogP contribution in [-0.2, 0) is 9.53 Å². The van der Waals surface area contributed by atoms with Gasteiger partial charge in [-0.25, -0.2) is 0 Å². The maximum atomic E-state index is 11.6. The number of esters is 1. The van der Waals surface area contributed by atoms with Gasteiger partial charge in [0.05, 0.1) is 17.8 Å². The molecule has 4 saturated carbocycles. The minimum Gasteiger partial charge on any atom is -0.462 e. The summed E-state index contributed by atoms with van der Waals surface area (Å²) in [4.78, 5) is 11.4. The maximum Gasteiger partial charge on any atom is 0.302 e. The molecule has 0 aromatic rings. The lowest BCUT2D eigenvalue weighted by molar-refractivity contribution is -0.225. The Kier molecular flexibility index (Phi) is 4.26. The Morgan fingerprint density at radius 1 is 1.04 bits per heavy atom. The third kappa shape index (κ3) is 2.43. The van der Waals surface area contributed by atoms with E-state index in [1.54, 1.807) is 0 Å². The van der Waals surface area contributed by atoms with Crippen LogP contribution in [0.2, 0.25) is 0 Å². The summed E-state index contributed by atoms with van der Waals surface area (Å²) >= 11 is 0. The van der Waals surface area contributed by atoms with Crippen LogP contribution in [0.25, 0.3) is 0 Å². The van der Waals surface area contributed by atoms with Crippen LogP contribution in [0.3, 0.4) is 0 Å². The zero-order valence-corrected chi connectivity index (χ0v) is 16.3. The Balaban J connectivity index is 1.60. The van der Waals surface area contributed by atoms with Crippen LogP contribution in [0.15, 0.2) is 0 Å². The predicted molar refractivity (Wildman–Crippen MR) is 96.1 cm³/mol. The van der Waals surface area contributed by atoms with E-state index in [0.29, 0.717) is 30.6 Å². The average molecular weight is 366 g/mol. The molecule has 4 unspecified atom stereocenters. The second-order valence-corrected chi connectivity index (χ2v) is 10.1. The third-order valence-corrected chi connectivity index (χ3v) is 9.07. The van der Waals surface area contributed by atoms with Gasteiger partial charge in [-0.15, -0.1) is 0 Å². The Bertz CT molecular complexity index is 593. The smallest absolute Gasteiger partial charge is 0.302 e. The summed E-state index contributed by atoms with van der Waals surface area (Å²) in [6.45, 7) is 5.82. The number of carbonyl (C=O) groups is 1. The summed E-state index contributed by atoms with van der Waals surface area (Å²) < 4.78 is 5.43. The predicted octanol–water partition coefficient (Wildman–Crippen LogP) is 2.41. The molecule has 0 aromatic heterocycles. The SMILES string of the molecule is CC(=O)OC1CC[C@]2(C)[C@@H]3CC[C@]4(C)C(O)C(O)C[C@H]4[C@@H]3CCC2(O)C1. The molecule has 4 aliphatic carbocycles. The molecule has 5 nitrogen and oxygen atoms in total. The second-order valence-electron chi connectivity index (χ2n) is 10.1. The molecule has 4 fully saturated rings. The van der Waals surface area contributed by atoms with Crippen LogP contribution in [0.4, 0.5) is 0 Å². The molecule has 26 heavy (non-hydrogen) atoms. The number of aliphatic hydroxyl groups is 3. The maximum absolute atomic E-state index is 11.6. The average Bonchev–Trinajstić information content (AvgIpc) is 2.79. The van der Waals surface area contributed by atoms with Crippen molar-refractivity contribution in [3.63, 3.8) is 0 Å². The van der Waals surface area contributed by atoms with E-state index in [2.05, 4.69) is 13.8 Å². The number of aliphatic hydroxyl groups excluding tert-OH is 2. The Morgan fingerprint density at radius 2 is 1.77 bits per heavy atom. The molecule has 148 valence electrons. The first-order chi connectivity index (χ1) is 12.1. The molecule has 9 atom stereocenters. The molecular formula is C21H34O5. The highest BCUT2D eigenvalue weighted by Crippen LogP contribution is 2.67. The highest BCUT2D eigenvalue weighted by molar-refractivity contribution is 5.66. The van der Waals surface area contributed by atoms with E-state index in [4.69, 9.17) is 4.74 Å². The molecule has 4 aliphatic rings. The van der Waals surface area contributed by atoms with E-state index in [0.717, 1.165) is 38.5 Å². The van der Waals surface area contributed by atoms with Crippen LogP contribution in [-0.4, -0.2) is 45.2 Å². The second kappa shape index (κ2) is 5.92. The first kappa shape index (κ1) is 18.7. The van der Waals surface area contributed by atoms with Crippen LogP contribution < -0.4 is 0 Å². The molecule has 3 N–H and O–H groups in total. The van der Waals surface area contributed by atoms with Gasteiger partial charge in [0, 0.05) is 13.3 Å².